The highest BCUT2D eigenvalue weighted by Gasteiger charge is 2.40. The van der Waals surface area contributed by atoms with Crippen LogP contribution >= 0.6 is 0 Å². The van der Waals surface area contributed by atoms with Gasteiger partial charge in [0.05, 0.1) is 0 Å². The monoisotopic (exact) mass is 212 g/mol. The van der Waals surface area contributed by atoms with Gasteiger partial charge in [0.15, 0.2) is 0 Å². The maximum atomic E-state index is 13.0. The zero-order valence-electron chi connectivity index (χ0n) is 9.70. The van der Waals surface area contributed by atoms with Crippen LogP contribution in [0.25, 0.3) is 0 Å². The second-order valence-electron chi connectivity index (χ2n) is 5.25. The van der Waals surface area contributed by atoms with Crippen molar-refractivity contribution < 1.29 is 4.21 Å². The molecule has 0 bridgehead atoms. The van der Waals surface area contributed by atoms with E-state index in [1.807, 2.05) is 63.6 Å². The van der Waals surface area contributed by atoms with Crippen LogP contribution in [0.3, 0.4) is 0 Å². The Morgan fingerprint density at radius 1 is 1.00 bits per heavy atom. The van der Waals surface area contributed by atoms with Crippen molar-refractivity contribution in [3.05, 3.63) is 30.3 Å². The number of hydrogen-bond acceptors (Lipinski definition) is 1. The van der Waals surface area contributed by atoms with Crippen LogP contribution in [0.1, 0.15) is 20.8 Å². The molecular weight excluding hydrogens is 192 g/mol. The fourth-order valence-corrected chi connectivity index (χ4v) is 2.83. The van der Waals surface area contributed by atoms with Crippen molar-refractivity contribution >= 4 is 9.07 Å². The van der Waals surface area contributed by atoms with E-state index in [1.54, 1.807) is 0 Å². The van der Waals surface area contributed by atoms with Gasteiger partial charge in [-0.3, -0.25) is 4.21 Å². The minimum absolute atomic E-state index is 0.210. The summed E-state index contributed by atoms with van der Waals surface area (Å²) in [4.78, 5) is 0.956. The van der Waals surface area contributed by atoms with E-state index >= 15 is 0 Å². The summed E-state index contributed by atoms with van der Waals surface area (Å²) in [6.07, 6.45) is 3.76. The van der Waals surface area contributed by atoms with Crippen molar-refractivity contribution in [3.8, 4) is 0 Å². The lowest BCUT2D eigenvalue weighted by Gasteiger charge is -2.46. The summed E-state index contributed by atoms with van der Waals surface area (Å²) in [6, 6.07) is 9.76. The second-order valence-corrected chi connectivity index (χ2v) is 10.6. The van der Waals surface area contributed by atoms with Gasteiger partial charge in [0, 0.05) is 9.64 Å². The van der Waals surface area contributed by atoms with Crippen molar-refractivity contribution in [3.63, 3.8) is 0 Å². The SMILES string of the molecule is CC(C)(C)S(C)(C)(=O)c1ccccc1. The van der Waals surface area contributed by atoms with Crippen LogP contribution in [-0.4, -0.2) is 21.5 Å². The Hall–Kier alpha value is -0.630. The molecule has 0 saturated carbocycles. The zero-order valence-corrected chi connectivity index (χ0v) is 10.5. The molecule has 2 heteroatoms. The van der Waals surface area contributed by atoms with Gasteiger partial charge in [-0.05, 0) is 45.4 Å². The summed E-state index contributed by atoms with van der Waals surface area (Å²) in [5.41, 5.74) is 0. The lowest BCUT2D eigenvalue weighted by molar-refractivity contribution is 0.622. The van der Waals surface area contributed by atoms with Crippen molar-refractivity contribution in [2.45, 2.75) is 30.4 Å². The minimum Gasteiger partial charge on any atom is -0.278 e. The third-order valence-corrected chi connectivity index (χ3v) is 8.41. The fraction of sp³-hybridized carbons (Fsp3) is 0.500. The average molecular weight is 212 g/mol. The Bertz CT molecular complexity index is 379. The van der Waals surface area contributed by atoms with Crippen LogP contribution in [0.2, 0.25) is 0 Å². The summed E-state index contributed by atoms with van der Waals surface area (Å²) >= 11 is 0. The Morgan fingerprint density at radius 3 is 1.79 bits per heavy atom. The van der Waals surface area contributed by atoms with Gasteiger partial charge in [0.1, 0.15) is 0 Å². The van der Waals surface area contributed by atoms with Crippen molar-refractivity contribution in [2.24, 2.45) is 0 Å². The van der Waals surface area contributed by atoms with Crippen LogP contribution < -0.4 is 0 Å². The summed E-state index contributed by atoms with van der Waals surface area (Å²) < 4.78 is 12.8. The van der Waals surface area contributed by atoms with E-state index in [4.69, 9.17) is 0 Å². The molecule has 0 amide bonds. The highest BCUT2D eigenvalue weighted by atomic mass is 32.3. The molecule has 80 valence electrons. The third kappa shape index (κ3) is 1.63. The van der Waals surface area contributed by atoms with Gasteiger partial charge in [0.2, 0.25) is 0 Å². The molecule has 1 aromatic rings. The molecule has 0 fully saturated rings. The molecule has 0 aliphatic rings. The van der Waals surface area contributed by atoms with Gasteiger partial charge in [0.25, 0.3) is 0 Å². The van der Waals surface area contributed by atoms with Gasteiger partial charge in [-0.1, -0.05) is 27.3 Å². The molecule has 0 unspecified atom stereocenters. The Labute approximate surface area is 86.9 Å². The van der Waals surface area contributed by atoms with E-state index in [0.29, 0.717) is 0 Å². The molecule has 0 aliphatic heterocycles. The molecule has 0 spiro atoms. The summed E-state index contributed by atoms with van der Waals surface area (Å²) in [6.45, 7) is 6.11. The van der Waals surface area contributed by atoms with E-state index in [0.717, 1.165) is 4.90 Å². The lowest BCUT2D eigenvalue weighted by Crippen LogP contribution is -2.48. The standard InChI is InChI=1S/C12H20OS/c1-12(2,3)14(4,5,13)11-9-7-6-8-10-11/h6-10H,1-5H3. The summed E-state index contributed by atoms with van der Waals surface area (Å²) in [7, 11) is -2.74. The molecule has 0 atom stereocenters. The number of hydrogen-bond donors (Lipinski definition) is 0. The first kappa shape index (κ1) is 11.4. The zero-order chi connectivity index (χ0) is 11.1. The quantitative estimate of drug-likeness (QED) is 0.699. The molecule has 0 N–H and O–H groups in total. The predicted octanol–water partition coefficient (Wildman–Crippen LogP) is 2.92. The van der Waals surface area contributed by atoms with Crippen LogP contribution in [0.4, 0.5) is 0 Å². The lowest BCUT2D eigenvalue weighted by atomic mass is 10.3. The van der Waals surface area contributed by atoms with E-state index in [2.05, 4.69) is 0 Å². The largest absolute Gasteiger partial charge is 0.278 e. The molecule has 1 rings (SSSR count). The maximum absolute atomic E-state index is 13.0. The molecule has 0 aromatic heterocycles. The highest BCUT2D eigenvalue weighted by Crippen LogP contribution is 2.41. The summed E-state index contributed by atoms with van der Waals surface area (Å²) in [5.74, 6) is 0. The molecule has 1 aromatic carbocycles. The van der Waals surface area contributed by atoms with Gasteiger partial charge in [-0.15, -0.1) is 0 Å². The topological polar surface area (TPSA) is 17.1 Å². The van der Waals surface area contributed by atoms with E-state index in [-0.39, 0.29) is 4.75 Å². The van der Waals surface area contributed by atoms with Gasteiger partial charge in [-0.25, -0.2) is 0 Å². The van der Waals surface area contributed by atoms with Gasteiger partial charge < -0.3 is 0 Å². The maximum Gasteiger partial charge on any atom is 0.0212 e. The van der Waals surface area contributed by atoms with Crippen molar-refractivity contribution in [2.75, 3.05) is 12.5 Å². The van der Waals surface area contributed by atoms with E-state index in [1.165, 1.54) is 0 Å². The molecule has 0 saturated heterocycles. The van der Waals surface area contributed by atoms with Crippen LogP contribution in [0.15, 0.2) is 35.2 Å². The Balaban J connectivity index is 3.41. The Morgan fingerprint density at radius 2 is 1.43 bits per heavy atom. The van der Waals surface area contributed by atoms with Crippen LogP contribution in [-0.2, 0) is 9.07 Å². The smallest absolute Gasteiger partial charge is 0.0212 e. The molecule has 14 heavy (non-hydrogen) atoms. The second kappa shape index (κ2) is 2.93. The number of rotatable bonds is 1. The van der Waals surface area contributed by atoms with Crippen molar-refractivity contribution in [1.29, 1.82) is 0 Å². The molecular formula is C12H20OS. The van der Waals surface area contributed by atoms with E-state index in [9.17, 15) is 4.21 Å². The Kier molecular flexibility index (Phi) is 2.39. The predicted molar refractivity (Wildman–Crippen MR) is 64.5 cm³/mol. The third-order valence-electron chi connectivity index (χ3n) is 3.21. The molecule has 1 nitrogen and oxygen atoms in total. The molecule has 0 heterocycles. The van der Waals surface area contributed by atoms with Crippen molar-refractivity contribution in [1.82, 2.24) is 0 Å². The molecule has 0 aliphatic carbocycles. The van der Waals surface area contributed by atoms with E-state index < -0.39 is 9.07 Å². The molecule has 0 radical (unpaired) electrons. The van der Waals surface area contributed by atoms with Gasteiger partial charge in [-0.2, -0.15) is 0 Å². The minimum atomic E-state index is -2.74. The normalized spacial score (nSPS) is 15.9. The average Bonchev–Trinajstić information content (AvgIpc) is 2.03. The van der Waals surface area contributed by atoms with Crippen LogP contribution in [0, 0.1) is 0 Å². The first-order valence-corrected chi connectivity index (χ1v) is 7.58. The first-order valence-electron chi connectivity index (χ1n) is 4.80. The first-order chi connectivity index (χ1) is 6.14. The van der Waals surface area contributed by atoms with Gasteiger partial charge >= 0.3 is 0 Å². The fourth-order valence-electron chi connectivity index (χ4n) is 1.17. The highest BCUT2D eigenvalue weighted by molar-refractivity contribution is 8.19. The van der Waals surface area contributed by atoms with Crippen LogP contribution in [0.5, 0.6) is 0 Å². The number of benzene rings is 1. The summed E-state index contributed by atoms with van der Waals surface area (Å²) in [5, 5.41) is 0.